The average Bonchev–Trinajstić information content (AvgIpc) is 3.21. The van der Waals surface area contributed by atoms with Crippen molar-refractivity contribution in [1.82, 2.24) is 14.7 Å². The summed E-state index contributed by atoms with van der Waals surface area (Å²) in [6, 6.07) is 9.21. The zero-order chi connectivity index (χ0) is 25.8. The maximum atomic E-state index is 12.3. The van der Waals surface area contributed by atoms with Gasteiger partial charge in [-0.2, -0.15) is 13.2 Å². The number of hydrogen-bond acceptors (Lipinski definition) is 5. The number of amides is 3. The van der Waals surface area contributed by atoms with Crippen LogP contribution in [-0.2, 0) is 4.79 Å². The Balaban J connectivity index is 1.83. The Morgan fingerprint density at radius 1 is 1.20 bits per heavy atom. The van der Waals surface area contributed by atoms with E-state index in [1.807, 2.05) is 0 Å². The lowest BCUT2D eigenvalue weighted by Gasteiger charge is -2.14. The number of carbonyl (C=O) groups is 2. The molecule has 0 spiro atoms. The Morgan fingerprint density at radius 2 is 1.94 bits per heavy atom. The Labute approximate surface area is 198 Å². The summed E-state index contributed by atoms with van der Waals surface area (Å²) in [5.41, 5.74) is 13.5. The van der Waals surface area contributed by atoms with E-state index in [1.54, 1.807) is 72.4 Å². The summed E-state index contributed by atoms with van der Waals surface area (Å²) < 4.78 is 38.7. The molecule has 184 valence electrons. The lowest BCUT2D eigenvalue weighted by molar-refractivity contribution is -0.123. The molecule has 35 heavy (non-hydrogen) atoms. The van der Waals surface area contributed by atoms with E-state index in [1.165, 1.54) is 12.4 Å². The fourth-order valence-electron chi connectivity index (χ4n) is 2.99. The van der Waals surface area contributed by atoms with Crippen molar-refractivity contribution < 1.29 is 22.8 Å². The van der Waals surface area contributed by atoms with Crippen LogP contribution in [0.4, 0.5) is 23.7 Å². The van der Waals surface area contributed by atoms with Gasteiger partial charge in [-0.3, -0.25) is 14.2 Å². The van der Waals surface area contributed by atoms with Gasteiger partial charge in [-0.1, -0.05) is 12.1 Å². The maximum absolute atomic E-state index is 12.3. The number of fused-ring (bicyclic) bond motifs is 1. The van der Waals surface area contributed by atoms with Gasteiger partial charge in [-0.05, 0) is 43.7 Å². The first kappa shape index (κ1) is 25.3. The van der Waals surface area contributed by atoms with Crippen LogP contribution in [0.2, 0.25) is 0 Å². The van der Waals surface area contributed by atoms with Crippen molar-refractivity contribution in [3.63, 3.8) is 0 Å². The third-order valence-corrected chi connectivity index (χ3v) is 5.02. The Kier molecular flexibility index (Phi) is 7.13. The highest BCUT2D eigenvalue weighted by Gasteiger charge is 2.27. The number of aliphatic imine (C=N–C) groups is 1. The second-order valence-electron chi connectivity index (χ2n) is 8.09. The van der Waals surface area contributed by atoms with Gasteiger partial charge in [-0.15, -0.1) is 0 Å². The maximum Gasteiger partial charge on any atom is 0.405 e. The van der Waals surface area contributed by atoms with Crippen LogP contribution in [0.25, 0.3) is 22.5 Å². The van der Waals surface area contributed by atoms with Gasteiger partial charge in [0.05, 0.1) is 11.9 Å². The summed E-state index contributed by atoms with van der Waals surface area (Å²) in [6.45, 7) is 1.75. The fourth-order valence-corrected chi connectivity index (χ4v) is 2.99. The van der Waals surface area contributed by atoms with Crippen molar-refractivity contribution in [3.8, 4) is 11.3 Å². The summed E-state index contributed by atoms with van der Waals surface area (Å²) in [6.07, 6.45) is 1.71. The van der Waals surface area contributed by atoms with Crippen molar-refractivity contribution in [3.05, 3.63) is 60.6 Å². The van der Waals surface area contributed by atoms with E-state index >= 15 is 0 Å². The number of pyridine rings is 1. The van der Waals surface area contributed by atoms with E-state index in [-0.39, 0.29) is 0 Å². The number of halogens is 3. The van der Waals surface area contributed by atoms with E-state index < -0.39 is 30.2 Å². The molecule has 0 bridgehead atoms. The lowest BCUT2D eigenvalue weighted by atomic mass is 10.1. The van der Waals surface area contributed by atoms with E-state index in [0.29, 0.717) is 33.7 Å². The minimum absolute atomic E-state index is 0.315. The zero-order valence-electron chi connectivity index (χ0n) is 18.9. The molecule has 0 aliphatic heterocycles. The van der Waals surface area contributed by atoms with E-state index in [0.717, 1.165) is 0 Å². The van der Waals surface area contributed by atoms with Crippen LogP contribution in [0.3, 0.4) is 0 Å². The number of anilines is 1. The normalized spacial score (nSPS) is 12.8. The monoisotopic (exact) mass is 487 g/mol. The van der Waals surface area contributed by atoms with E-state index in [9.17, 15) is 22.8 Å². The Morgan fingerprint density at radius 3 is 2.60 bits per heavy atom. The Hall–Kier alpha value is -4.35. The Bertz CT molecular complexity index is 1310. The minimum Gasteiger partial charge on any atom is -0.404 e. The first-order chi connectivity index (χ1) is 16.4. The number of hydrogen-bond donors (Lipinski definition) is 4. The highest BCUT2D eigenvalue weighted by Crippen LogP contribution is 2.25. The molecule has 2 heterocycles. The van der Waals surface area contributed by atoms with Crippen molar-refractivity contribution >= 4 is 35.1 Å². The van der Waals surface area contributed by atoms with Crippen LogP contribution in [0, 0.1) is 0 Å². The molecule has 1 aromatic carbocycles. The molecule has 12 heteroatoms. The van der Waals surface area contributed by atoms with Gasteiger partial charge < -0.3 is 22.1 Å². The third-order valence-electron chi connectivity index (χ3n) is 5.02. The van der Waals surface area contributed by atoms with Crippen molar-refractivity contribution in [1.29, 1.82) is 0 Å². The van der Waals surface area contributed by atoms with Crippen molar-refractivity contribution in [2.75, 3.05) is 11.9 Å². The predicted molar refractivity (Wildman–Crippen MR) is 128 cm³/mol. The van der Waals surface area contributed by atoms with E-state index in [2.05, 4.69) is 15.3 Å². The van der Waals surface area contributed by atoms with E-state index in [4.69, 9.17) is 11.5 Å². The number of urea groups is 1. The molecule has 0 saturated heterocycles. The number of primary amides is 1. The molecule has 0 unspecified atom stereocenters. The number of alkyl halides is 3. The second-order valence-corrected chi connectivity index (χ2v) is 8.09. The molecule has 9 nitrogen and oxygen atoms in total. The molecule has 0 radical (unpaired) electrons. The van der Waals surface area contributed by atoms with Crippen molar-refractivity contribution in [2.24, 2.45) is 16.5 Å². The van der Waals surface area contributed by atoms with Crippen LogP contribution in [0.5, 0.6) is 0 Å². The summed E-state index contributed by atoms with van der Waals surface area (Å²) >= 11 is 0. The number of carbonyl (C=O) groups excluding carboxylic acids is 2. The number of benzene rings is 1. The highest BCUT2D eigenvalue weighted by molar-refractivity contribution is 6.10. The van der Waals surface area contributed by atoms with Crippen LogP contribution < -0.4 is 22.1 Å². The molecule has 3 aromatic rings. The van der Waals surface area contributed by atoms with Gasteiger partial charge >= 0.3 is 12.2 Å². The molecule has 0 aliphatic carbocycles. The number of allylic oxidation sites excluding steroid dienone is 1. The molecular formula is C23H24F3N7O2. The smallest absolute Gasteiger partial charge is 0.404 e. The molecule has 0 aliphatic rings. The van der Waals surface area contributed by atoms with Gasteiger partial charge in [0.15, 0.2) is 0 Å². The number of nitrogens with two attached hydrogens (primary N) is 2. The van der Waals surface area contributed by atoms with Gasteiger partial charge in [0.1, 0.15) is 17.7 Å². The standard InChI is InChI=1S/C23H24F3N7O2/c1-22(2,20(28)34)31-11-16(10-27)14-6-7-33-18(12-29-19(33)9-14)15-4-3-5-17(8-15)32-21(35)30-13-23(24,25)26/h3-12H,13,27H2,1-2H3,(H2,28,34)(H2,30,32,35). The van der Waals surface area contributed by atoms with Gasteiger partial charge in [0.2, 0.25) is 5.91 Å². The molecular weight excluding hydrogens is 463 g/mol. The first-order valence-corrected chi connectivity index (χ1v) is 10.4. The largest absolute Gasteiger partial charge is 0.405 e. The molecule has 2 aromatic heterocycles. The number of aromatic nitrogens is 2. The molecule has 0 fully saturated rings. The van der Waals surface area contributed by atoms with Gasteiger partial charge in [0.25, 0.3) is 0 Å². The van der Waals surface area contributed by atoms with Crippen LogP contribution in [-0.4, -0.2) is 45.8 Å². The van der Waals surface area contributed by atoms with Crippen LogP contribution in [0.1, 0.15) is 19.4 Å². The third kappa shape index (κ3) is 6.37. The summed E-state index contributed by atoms with van der Waals surface area (Å²) in [5.74, 6) is -0.576. The van der Waals surface area contributed by atoms with Gasteiger partial charge in [0, 0.05) is 35.4 Å². The highest BCUT2D eigenvalue weighted by atomic mass is 19.4. The molecule has 0 saturated carbocycles. The number of imidazole rings is 1. The number of nitrogens with one attached hydrogen (secondary N) is 2. The van der Waals surface area contributed by atoms with Crippen LogP contribution in [0.15, 0.2) is 60.0 Å². The zero-order valence-corrected chi connectivity index (χ0v) is 18.9. The first-order valence-electron chi connectivity index (χ1n) is 10.4. The number of nitrogens with zero attached hydrogens (tertiary/aromatic N) is 3. The topological polar surface area (TPSA) is 140 Å². The minimum atomic E-state index is -4.50. The van der Waals surface area contributed by atoms with Gasteiger partial charge in [-0.25, -0.2) is 9.78 Å². The lowest BCUT2D eigenvalue weighted by Crippen LogP contribution is -2.36. The second kappa shape index (κ2) is 9.87. The predicted octanol–water partition coefficient (Wildman–Crippen LogP) is 3.32. The SMILES string of the molecule is CC(C)(N=CC(=CN)c1ccn2c(-c3cccc(NC(=O)NCC(F)(F)F)c3)cnc2c1)C(N)=O. The quantitative estimate of drug-likeness (QED) is 0.380. The fraction of sp³-hybridized carbons (Fsp3) is 0.217. The van der Waals surface area contributed by atoms with Crippen LogP contribution >= 0.6 is 0 Å². The summed E-state index contributed by atoms with van der Waals surface area (Å²) in [7, 11) is 0. The number of rotatable bonds is 7. The molecule has 3 rings (SSSR count). The average molecular weight is 487 g/mol. The summed E-state index contributed by atoms with van der Waals surface area (Å²) in [5, 5.41) is 4.14. The summed E-state index contributed by atoms with van der Waals surface area (Å²) in [4.78, 5) is 31.9. The van der Waals surface area contributed by atoms with Crippen molar-refractivity contribution in [2.45, 2.75) is 25.6 Å². The molecule has 3 amide bonds. The molecule has 6 N–H and O–H groups in total. The molecule has 0 atom stereocenters.